The summed E-state index contributed by atoms with van der Waals surface area (Å²) in [4.78, 5) is 31.0. The molecule has 3 aromatic rings. The molecule has 0 saturated carbocycles. The highest BCUT2D eigenvalue weighted by atomic mass is 19.1. The van der Waals surface area contributed by atoms with Gasteiger partial charge in [-0.25, -0.2) is 4.39 Å². The van der Waals surface area contributed by atoms with Crippen LogP contribution in [-0.4, -0.2) is 15.9 Å². The van der Waals surface area contributed by atoms with Crippen molar-refractivity contribution in [2.24, 2.45) is 0 Å². The second kappa shape index (κ2) is 5.16. The number of carbonyl (C=O) groups excluding carboxylic acids is 1. The summed E-state index contributed by atoms with van der Waals surface area (Å²) in [6, 6.07) is 7.02. The van der Waals surface area contributed by atoms with Crippen molar-refractivity contribution in [3.63, 3.8) is 0 Å². The van der Waals surface area contributed by atoms with Gasteiger partial charge < -0.3 is 10.3 Å². The number of rotatable bonds is 2. The number of aromatic amines is 1. The Morgan fingerprint density at radius 2 is 1.95 bits per heavy atom. The van der Waals surface area contributed by atoms with Gasteiger partial charge in [0.25, 0.3) is 5.91 Å². The number of benzene rings is 1. The molecule has 0 unspecified atom stereocenters. The summed E-state index contributed by atoms with van der Waals surface area (Å²) >= 11 is 0. The van der Waals surface area contributed by atoms with Crippen molar-refractivity contribution in [3.8, 4) is 0 Å². The fraction of sp³-hybridized carbons (Fsp3) is 0. The van der Waals surface area contributed by atoms with Crippen molar-refractivity contribution in [1.82, 2.24) is 9.97 Å². The molecule has 0 spiro atoms. The molecule has 2 aromatic heterocycles. The van der Waals surface area contributed by atoms with Crippen molar-refractivity contribution < 1.29 is 9.18 Å². The number of carbonyl (C=O) groups is 1. The molecule has 6 heteroatoms. The predicted octanol–water partition coefficient (Wildman–Crippen LogP) is 2.31. The van der Waals surface area contributed by atoms with Gasteiger partial charge in [-0.15, -0.1) is 0 Å². The molecule has 2 heterocycles. The molecular formula is C15H10FN3O2. The van der Waals surface area contributed by atoms with E-state index in [4.69, 9.17) is 0 Å². The monoisotopic (exact) mass is 283 g/mol. The topological polar surface area (TPSA) is 74.8 Å². The van der Waals surface area contributed by atoms with Crippen LogP contribution in [-0.2, 0) is 0 Å². The molecule has 0 radical (unpaired) electrons. The van der Waals surface area contributed by atoms with Gasteiger partial charge in [0, 0.05) is 35.2 Å². The molecule has 1 aromatic carbocycles. The number of anilines is 1. The van der Waals surface area contributed by atoms with Crippen molar-refractivity contribution in [1.29, 1.82) is 0 Å². The highest BCUT2D eigenvalue weighted by Gasteiger charge is 2.13. The zero-order valence-electron chi connectivity index (χ0n) is 10.8. The summed E-state index contributed by atoms with van der Waals surface area (Å²) in [5.74, 6) is -1.09. The lowest BCUT2D eigenvalue weighted by Gasteiger charge is -2.05. The molecular weight excluding hydrogens is 273 g/mol. The van der Waals surface area contributed by atoms with Crippen LogP contribution in [0, 0.1) is 5.82 Å². The molecule has 0 bridgehead atoms. The zero-order chi connectivity index (χ0) is 14.8. The third-order valence-corrected chi connectivity index (χ3v) is 3.03. The van der Waals surface area contributed by atoms with E-state index >= 15 is 0 Å². The lowest BCUT2D eigenvalue weighted by Crippen LogP contribution is -2.22. The molecule has 0 fully saturated rings. The maximum Gasteiger partial charge on any atom is 0.261 e. The van der Waals surface area contributed by atoms with Crippen LogP contribution in [0.1, 0.15) is 10.4 Å². The van der Waals surface area contributed by atoms with Crippen LogP contribution in [0.2, 0.25) is 0 Å². The minimum atomic E-state index is -0.561. The average Bonchev–Trinajstić information content (AvgIpc) is 2.49. The summed E-state index contributed by atoms with van der Waals surface area (Å²) in [7, 11) is 0. The number of halogens is 1. The lowest BCUT2D eigenvalue weighted by molar-refractivity contribution is 0.102. The van der Waals surface area contributed by atoms with Crippen LogP contribution in [0.4, 0.5) is 10.1 Å². The van der Waals surface area contributed by atoms with Crippen molar-refractivity contribution in [2.45, 2.75) is 0 Å². The Labute approximate surface area is 118 Å². The first kappa shape index (κ1) is 13.0. The summed E-state index contributed by atoms with van der Waals surface area (Å²) in [6.07, 6.45) is 4.37. The van der Waals surface area contributed by atoms with E-state index in [2.05, 4.69) is 15.3 Å². The molecule has 0 saturated heterocycles. The maximum atomic E-state index is 13.2. The van der Waals surface area contributed by atoms with Gasteiger partial charge in [-0.3, -0.25) is 14.6 Å². The molecule has 2 N–H and O–H groups in total. The quantitative estimate of drug-likeness (QED) is 0.758. The molecule has 1 amide bonds. The normalized spacial score (nSPS) is 10.5. The minimum Gasteiger partial charge on any atom is -0.360 e. The Morgan fingerprint density at radius 3 is 2.71 bits per heavy atom. The first-order valence-corrected chi connectivity index (χ1v) is 6.17. The van der Waals surface area contributed by atoms with Gasteiger partial charge in [0.15, 0.2) is 0 Å². The van der Waals surface area contributed by atoms with Crippen LogP contribution in [0.25, 0.3) is 10.9 Å². The zero-order valence-corrected chi connectivity index (χ0v) is 10.8. The maximum absolute atomic E-state index is 13.2. The van der Waals surface area contributed by atoms with Gasteiger partial charge in [0.1, 0.15) is 11.4 Å². The molecule has 0 aliphatic carbocycles. The molecule has 5 nitrogen and oxygen atoms in total. The largest absolute Gasteiger partial charge is 0.360 e. The van der Waals surface area contributed by atoms with Gasteiger partial charge in [0.2, 0.25) is 5.43 Å². The van der Waals surface area contributed by atoms with Crippen LogP contribution in [0.5, 0.6) is 0 Å². The molecule has 21 heavy (non-hydrogen) atoms. The van der Waals surface area contributed by atoms with E-state index in [1.165, 1.54) is 30.7 Å². The first-order valence-electron chi connectivity index (χ1n) is 6.17. The molecule has 0 aliphatic heterocycles. The predicted molar refractivity (Wildman–Crippen MR) is 76.7 cm³/mol. The number of hydrogen-bond donors (Lipinski definition) is 2. The number of nitrogens with zero attached hydrogens (tertiary/aromatic N) is 1. The minimum absolute atomic E-state index is 0.0788. The van der Waals surface area contributed by atoms with Gasteiger partial charge in [-0.05, 0) is 30.3 Å². The van der Waals surface area contributed by atoms with E-state index in [0.29, 0.717) is 11.2 Å². The van der Waals surface area contributed by atoms with E-state index in [9.17, 15) is 14.0 Å². The highest BCUT2D eigenvalue weighted by molar-refractivity contribution is 6.05. The molecule has 0 aliphatic rings. The first-order chi connectivity index (χ1) is 10.1. The van der Waals surface area contributed by atoms with Gasteiger partial charge >= 0.3 is 0 Å². The van der Waals surface area contributed by atoms with Crippen molar-refractivity contribution >= 4 is 22.5 Å². The van der Waals surface area contributed by atoms with Gasteiger partial charge in [-0.1, -0.05) is 0 Å². The van der Waals surface area contributed by atoms with Crippen molar-refractivity contribution in [2.75, 3.05) is 5.32 Å². The van der Waals surface area contributed by atoms with Crippen LogP contribution < -0.4 is 10.7 Å². The number of H-pyrrole nitrogens is 1. The second-order valence-electron chi connectivity index (χ2n) is 4.41. The van der Waals surface area contributed by atoms with E-state index < -0.39 is 17.2 Å². The van der Waals surface area contributed by atoms with Crippen LogP contribution >= 0.6 is 0 Å². The smallest absolute Gasteiger partial charge is 0.261 e. The second-order valence-corrected chi connectivity index (χ2v) is 4.41. The third-order valence-electron chi connectivity index (χ3n) is 3.03. The van der Waals surface area contributed by atoms with Crippen LogP contribution in [0.3, 0.4) is 0 Å². The number of hydrogen-bond acceptors (Lipinski definition) is 3. The highest BCUT2D eigenvalue weighted by Crippen LogP contribution is 2.11. The fourth-order valence-corrected chi connectivity index (χ4v) is 1.99. The number of nitrogens with one attached hydrogen (secondary N) is 2. The number of aromatic nitrogens is 2. The summed E-state index contributed by atoms with van der Waals surface area (Å²) < 4.78 is 13.2. The van der Waals surface area contributed by atoms with E-state index in [1.54, 1.807) is 12.1 Å². The Morgan fingerprint density at radius 1 is 1.19 bits per heavy atom. The average molecular weight is 283 g/mol. The Hall–Kier alpha value is -3.02. The van der Waals surface area contributed by atoms with Gasteiger partial charge in [-0.2, -0.15) is 0 Å². The van der Waals surface area contributed by atoms with E-state index in [-0.39, 0.29) is 10.9 Å². The number of fused-ring (bicyclic) bond motifs is 1. The Kier molecular flexibility index (Phi) is 3.19. The third kappa shape index (κ3) is 2.51. The summed E-state index contributed by atoms with van der Waals surface area (Å²) in [5.41, 5.74) is 0.398. The van der Waals surface area contributed by atoms with Crippen LogP contribution in [0.15, 0.2) is 53.7 Å². The van der Waals surface area contributed by atoms with E-state index in [1.807, 2.05) is 0 Å². The number of pyridine rings is 2. The van der Waals surface area contributed by atoms with Gasteiger partial charge in [0.05, 0.1) is 0 Å². The van der Waals surface area contributed by atoms with E-state index in [0.717, 1.165) is 6.07 Å². The fourth-order valence-electron chi connectivity index (χ4n) is 1.99. The Balaban J connectivity index is 2.02. The molecule has 3 rings (SSSR count). The summed E-state index contributed by atoms with van der Waals surface area (Å²) in [5, 5.41) is 2.72. The molecule has 104 valence electrons. The Bertz CT molecular complexity index is 875. The SMILES string of the molecule is O=C(Nc1ccncc1)c1c[nH]c2ccc(F)cc2c1=O. The molecule has 0 atom stereocenters. The standard InChI is InChI=1S/C15H10FN3O2/c16-9-1-2-13-11(7-9)14(20)12(8-18-13)15(21)19-10-3-5-17-6-4-10/h1-8H,(H,18,20)(H,17,19,21). The number of amides is 1. The van der Waals surface area contributed by atoms with Crippen molar-refractivity contribution in [3.05, 3.63) is 70.5 Å². The summed E-state index contributed by atoms with van der Waals surface area (Å²) in [6.45, 7) is 0. The lowest BCUT2D eigenvalue weighted by atomic mass is 10.1.